The summed E-state index contributed by atoms with van der Waals surface area (Å²) in [5, 5.41) is 8.82. The van der Waals surface area contributed by atoms with Crippen molar-refractivity contribution in [2.45, 2.75) is 39.7 Å². The highest BCUT2D eigenvalue weighted by Gasteiger charge is 2.23. The maximum absolute atomic E-state index is 12.2. The van der Waals surface area contributed by atoms with Crippen LogP contribution in [0.15, 0.2) is 29.4 Å². The summed E-state index contributed by atoms with van der Waals surface area (Å²) in [5.41, 5.74) is 2.29. The number of esters is 2. The molecule has 1 aromatic rings. The Morgan fingerprint density at radius 2 is 1.89 bits per heavy atom. The zero-order valence-electron chi connectivity index (χ0n) is 16.7. The van der Waals surface area contributed by atoms with Gasteiger partial charge in [0, 0.05) is 18.7 Å². The lowest BCUT2D eigenvalue weighted by molar-refractivity contribution is -0.145. The molecule has 1 heterocycles. The molecule has 8 nitrogen and oxygen atoms in total. The molecule has 8 heteroatoms. The molecule has 152 valence electrons. The van der Waals surface area contributed by atoms with Crippen LogP contribution in [0, 0.1) is 5.92 Å². The molecule has 0 radical (unpaired) electrons. The normalized spacial score (nSPS) is 14.5. The molecule has 0 saturated carbocycles. The summed E-state index contributed by atoms with van der Waals surface area (Å²) in [7, 11) is 1.26. The lowest BCUT2D eigenvalue weighted by Crippen LogP contribution is -2.44. The number of anilines is 1. The molecule has 1 N–H and O–H groups in total. The number of benzene rings is 1. The molecule has 1 aromatic carbocycles. The van der Waals surface area contributed by atoms with Crippen molar-refractivity contribution in [3.8, 4) is 0 Å². The first-order valence-electron chi connectivity index (χ1n) is 9.26. The average molecular weight is 389 g/mol. The van der Waals surface area contributed by atoms with Gasteiger partial charge in [0.15, 0.2) is 6.61 Å². The summed E-state index contributed by atoms with van der Waals surface area (Å²) < 4.78 is 9.74. The van der Waals surface area contributed by atoms with E-state index in [0.717, 1.165) is 24.4 Å². The molecule has 0 spiro atoms. The third-order valence-corrected chi connectivity index (χ3v) is 4.24. The number of carbonyl (C=O) groups excluding carboxylic acids is 3. The van der Waals surface area contributed by atoms with Crippen molar-refractivity contribution in [2.24, 2.45) is 11.0 Å². The zero-order chi connectivity index (χ0) is 20.7. The van der Waals surface area contributed by atoms with Crippen LogP contribution in [-0.2, 0) is 19.1 Å². The van der Waals surface area contributed by atoms with Crippen molar-refractivity contribution in [1.29, 1.82) is 0 Å². The number of hydrogen-bond acceptors (Lipinski definition) is 7. The van der Waals surface area contributed by atoms with Crippen LogP contribution < -0.4 is 10.3 Å². The highest BCUT2D eigenvalue weighted by Crippen LogP contribution is 2.20. The summed E-state index contributed by atoms with van der Waals surface area (Å²) in [6.07, 6.45) is 1.36. The van der Waals surface area contributed by atoms with Gasteiger partial charge in [-0.2, -0.15) is 5.10 Å². The van der Waals surface area contributed by atoms with E-state index < -0.39 is 30.5 Å². The molecule has 0 aliphatic carbocycles. The number of ether oxygens (including phenoxy) is 2. The van der Waals surface area contributed by atoms with Gasteiger partial charge in [0.25, 0.3) is 5.91 Å². The highest BCUT2D eigenvalue weighted by molar-refractivity contribution is 5.92. The predicted octanol–water partition coefficient (Wildman–Crippen LogP) is 2.13. The fraction of sp³-hybridized carbons (Fsp3) is 0.500. The lowest BCUT2D eigenvalue weighted by Gasteiger charge is -2.18. The predicted molar refractivity (Wildman–Crippen MR) is 105 cm³/mol. The molecular formula is C20H27N3O5. The molecule has 0 saturated heterocycles. The molecule has 0 aromatic heterocycles. The highest BCUT2D eigenvalue weighted by atomic mass is 16.5. The molecule has 1 atom stereocenters. The Bertz CT molecular complexity index is 743. The van der Waals surface area contributed by atoms with Gasteiger partial charge in [-0.05, 0) is 43.5 Å². The fourth-order valence-corrected chi connectivity index (χ4v) is 2.81. The molecule has 1 aliphatic rings. The summed E-state index contributed by atoms with van der Waals surface area (Å²) in [6.45, 7) is 6.18. The summed E-state index contributed by atoms with van der Waals surface area (Å²) >= 11 is 0. The van der Waals surface area contributed by atoms with Crippen molar-refractivity contribution in [2.75, 3.05) is 25.3 Å². The molecule has 0 fully saturated rings. The second-order valence-corrected chi connectivity index (χ2v) is 7.10. The van der Waals surface area contributed by atoms with Crippen LogP contribution in [0.25, 0.3) is 0 Å². The van der Waals surface area contributed by atoms with Crippen LogP contribution in [0.1, 0.15) is 44.0 Å². The third-order valence-electron chi connectivity index (χ3n) is 4.24. The van der Waals surface area contributed by atoms with E-state index in [1.807, 2.05) is 25.8 Å². The average Bonchev–Trinajstić information content (AvgIpc) is 3.11. The number of nitrogens with one attached hydrogen (secondary N) is 1. The molecule has 28 heavy (non-hydrogen) atoms. The number of amides is 1. The lowest BCUT2D eigenvalue weighted by atomic mass is 10.0. The Hall–Kier alpha value is -2.90. The SMILES string of the molecule is COC(=O)C(CC(C)C)NC(=O)COC(=O)c1ccc(N2CCC(C)=N2)cc1. The minimum atomic E-state index is -0.764. The summed E-state index contributed by atoms with van der Waals surface area (Å²) in [6, 6.07) is 6.08. The number of methoxy groups -OCH3 is 1. The fourth-order valence-electron chi connectivity index (χ4n) is 2.81. The van der Waals surface area contributed by atoms with Gasteiger partial charge in [-0.1, -0.05) is 13.8 Å². The Labute approximate surface area is 164 Å². The maximum Gasteiger partial charge on any atom is 0.338 e. The van der Waals surface area contributed by atoms with E-state index in [9.17, 15) is 14.4 Å². The maximum atomic E-state index is 12.2. The Kier molecular flexibility index (Phi) is 7.54. The van der Waals surface area contributed by atoms with Crippen molar-refractivity contribution < 1.29 is 23.9 Å². The molecular weight excluding hydrogens is 362 g/mol. The monoisotopic (exact) mass is 389 g/mol. The minimum absolute atomic E-state index is 0.189. The first-order valence-corrected chi connectivity index (χ1v) is 9.26. The van der Waals surface area contributed by atoms with Gasteiger partial charge < -0.3 is 14.8 Å². The summed E-state index contributed by atoms with van der Waals surface area (Å²) in [5.74, 6) is -1.50. The van der Waals surface area contributed by atoms with E-state index in [1.165, 1.54) is 7.11 Å². The third kappa shape index (κ3) is 6.07. The van der Waals surface area contributed by atoms with Crippen LogP contribution in [0.2, 0.25) is 0 Å². The second kappa shape index (κ2) is 9.87. The largest absolute Gasteiger partial charge is 0.467 e. The Morgan fingerprint density at radius 3 is 2.43 bits per heavy atom. The Morgan fingerprint density at radius 1 is 1.21 bits per heavy atom. The van der Waals surface area contributed by atoms with Gasteiger partial charge in [-0.15, -0.1) is 0 Å². The smallest absolute Gasteiger partial charge is 0.338 e. The number of carbonyl (C=O) groups is 3. The van der Waals surface area contributed by atoms with Crippen LogP contribution >= 0.6 is 0 Å². The quantitative estimate of drug-likeness (QED) is 0.684. The number of rotatable bonds is 8. The van der Waals surface area contributed by atoms with Crippen LogP contribution in [0.3, 0.4) is 0 Å². The number of hydrazone groups is 1. The van der Waals surface area contributed by atoms with Crippen molar-refractivity contribution in [1.82, 2.24) is 5.32 Å². The van der Waals surface area contributed by atoms with Gasteiger partial charge >= 0.3 is 11.9 Å². The first-order chi connectivity index (χ1) is 13.3. The van der Waals surface area contributed by atoms with Crippen molar-refractivity contribution >= 4 is 29.2 Å². The van der Waals surface area contributed by atoms with Gasteiger partial charge in [0.2, 0.25) is 0 Å². The van der Waals surface area contributed by atoms with E-state index in [4.69, 9.17) is 9.47 Å². The molecule has 2 rings (SSSR count). The second-order valence-electron chi connectivity index (χ2n) is 7.10. The van der Waals surface area contributed by atoms with Crippen molar-refractivity contribution in [3.05, 3.63) is 29.8 Å². The summed E-state index contributed by atoms with van der Waals surface area (Å²) in [4.78, 5) is 35.9. The first kappa shape index (κ1) is 21.4. The van der Waals surface area contributed by atoms with Gasteiger partial charge in [-0.3, -0.25) is 9.80 Å². The van der Waals surface area contributed by atoms with Gasteiger partial charge in [0.05, 0.1) is 18.4 Å². The molecule has 1 aliphatic heterocycles. The molecule has 1 amide bonds. The van der Waals surface area contributed by atoms with Crippen molar-refractivity contribution in [3.63, 3.8) is 0 Å². The molecule has 0 bridgehead atoms. The topological polar surface area (TPSA) is 97.3 Å². The standard InChI is InChI=1S/C20H27N3O5/c1-13(2)11-17(20(26)27-4)21-18(24)12-28-19(25)15-5-7-16(8-6-15)23-10-9-14(3)22-23/h5-8,13,17H,9-12H2,1-4H3,(H,21,24). The van der Waals surface area contributed by atoms with E-state index in [-0.39, 0.29) is 5.92 Å². The van der Waals surface area contributed by atoms with Crippen LogP contribution in [0.5, 0.6) is 0 Å². The Balaban J connectivity index is 1.87. The minimum Gasteiger partial charge on any atom is -0.467 e. The van der Waals surface area contributed by atoms with E-state index >= 15 is 0 Å². The zero-order valence-corrected chi connectivity index (χ0v) is 16.7. The van der Waals surface area contributed by atoms with Crippen LogP contribution in [0.4, 0.5) is 5.69 Å². The molecule has 1 unspecified atom stereocenters. The van der Waals surface area contributed by atoms with E-state index in [1.54, 1.807) is 24.3 Å². The van der Waals surface area contributed by atoms with Gasteiger partial charge in [0.1, 0.15) is 6.04 Å². The number of hydrogen-bond donors (Lipinski definition) is 1. The van der Waals surface area contributed by atoms with E-state index in [2.05, 4.69) is 10.4 Å². The van der Waals surface area contributed by atoms with E-state index in [0.29, 0.717) is 12.0 Å². The number of nitrogens with zero attached hydrogens (tertiary/aromatic N) is 2. The van der Waals surface area contributed by atoms with Crippen LogP contribution in [-0.4, -0.2) is 49.9 Å². The van der Waals surface area contributed by atoms with Gasteiger partial charge in [-0.25, -0.2) is 9.59 Å².